The van der Waals surface area contributed by atoms with Gasteiger partial charge in [0.25, 0.3) is 5.56 Å². The molecule has 3 heterocycles. The first-order chi connectivity index (χ1) is 24.5. The summed E-state index contributed by atoms with van der Waals surface area (Å²) in [5.41, 5.74) is 2.31. The van der Waals surface area contributed by atoms with Crippen molar-refractivity contribution in [1.82, 2.24) is 14.3 Å². The summed E-state index contributed by atoms with van der Waals surface area (Å²) >= 11 is 1.10. The first kappa shape index (κ1) is 34.5. The van der Waals surface area contributed by atoms with Gasteiger partial charge in [0, 0.05) is 30.3 Å². The third-order valence-electron chi connectivity index (χ3n) is 7.96. The van der Waals surface area contributed by atoms with Gasteiger partial charge in [-0.25, -0.2) is 14.5 Å². The molecule has 6 rings (SSSR count). The number of aromatic nitrogens is 3. The zero-order valence-electron chi connectivity index (χ0n) is 28.1. The fraction of sp³-hybridized carbons (Fsp3) is 0.194. The number of rotatable bonds is 10. The molecule has 2 aromatic heterocycles. The fourth-order valence-corrected chi connectivity index (χ4v) is 6.80. The lowest BCUT2D eigenvalue weighted by Gasteiger charge is -2.25. The number of esters is 2. The van der Waals surface area contributed by atoms with E-state index in [1.807, 2.05) is 30.3 Å². The predicted molar refractivity (Wildman–Crippen MR) is 187 cm³/mol. The van der Waals surface area contributed by atoms with Gasteiger partial charge in [-0.15, -0.1) is 0 Å². The summed E-state index contributed by atoms with van der Waals surface area (Å²) in [4.78, 5) is 55.7. The molecule has 0 spiro atoms. The number of nitrogens with zero attached hydrogens (tertiary/aromatic N) is 5. The van der Waals surface area contributed by atoms with Crippen LogP contribution in [-0.4, -0.2) is 52.0 Å². The maximum Gasteiger partial charge on any atom is 0.338 e. The Morgan fingerprint density at radius 1 is 1.04 bits per heavy atom. The number of benzene rings is 3. The van der Waals surface area contributed by atoms with Crippen LogP contribution in [0.5, 0.6) is 17.2 Å². The van der Waals surface area contributed by atoms with Crippen LogP contribution in [0.2, 0.25) is 0 Å². The summed E-state index contributed by atoms with van der Waals surface area (Å²) in [6.45, 7) is 4.90. The van der Waals surface area contributed by atoms with E-state index in [-0.39, 0.29) is 39.6 Å². The Kier molecular flexibility index (Phi) is 9.64. The molecule has 14 nitrogen and oxygen atoms in total. The van der Waals surface area contributed by atoms with Gasteiger partial charge in [-0.3, -0.25) is 24.3 Å². The number of carbonyl (C=O) groups is 2. The normalized spacial score (nSPS) is 14.1. The molecule has 1 aliphatic heterocycles. The molecule has 3 aromatic carbocycles. The second kappa shape index (κ2) is 14.2. The molecule has 1 atom stereocenters. The summed E-state index contributed by atoms with van der Waals surface area (Å²) in [6, 6.07) is 17.6. The van der Waals surface area contributed by atoms with Crippen LogP contribution in [-0.2, 0) is 14.3 Å². The van der Waals surface area contributed by atoms with Crippen LogP contribution in [0.1, 0.15) is 37.9 Å². The average molecular weight is 710 g/mol. The molecule has 0 aliphatic carbocycles. The number of methoxy groups -OCH3 is 2. The van der Waals surface area contributed by atoms with E-state index in [2.05, 4.69) is 4.99 Å². The molecule has 0 fully saturated rings. The molecule has 5 aromatic rings. The van der Waals surface area contributed by atoms with Gasteiger partial charge in [0.05, 0.1) is 53.3 Å². The summed E-state index contributed by atoms with van der Waals surface area (Å²) < 4.78 is 24.6. The Balaban J connectivity index is 1.57. The van der Waals surface area contributed by atoms with Crippen molar-refractivity contribution in [3.8, 4) is 34.2 Å². The largest absolute Gasteiger partial charge is 0.493 e. The molecule has 0 N–H and O–H groups in total. The van der Waals surface area contributed by atoms with Gasteiger partial charge in [-0.1, -0.05) is 35.6 Å². The van der Waals surface area contributed by atoms with Crippen molar-refractivity contribution in [3.63, 3.8) is 0 Å². The first-order valence-electron chi connectivity index (χ1n) is 15.6. The zero-order chi connectivity index (χ0) is 36.4. The molecule has 0 saturated heterocycles. The van der Waals surface area contributed by atoms with Gasteiger partial charge in [-0.2, -0.15) is 5.10 Å². The number of nitro groups is 1. The van der Waals surface area contributed by atoms with Crippen LogP contribution in [0.4, 0.5) is 5.69 Å². The number of hydrogen-bond acceptors (Lipinski definition) is 12. The van der Waals surface area contributed by atoms with Crippen molar-refractivity contribution in [3.05, 3.63) is 125 Å². The van der Waals surface area contributed by atoms with Crippen molar-refractivity contribution >= 4 is 35.0 Å². The average Bonchev–Trinajstić information content (AvgIpc) is 3.68. The fourth-order valence-electron chi connectivity index (χ4n) is 5.76. The number of carbonyl (C=O) groups excluding carboxylic acids is 2. The second-order valence-corrected chi connectivity index (χ2v) is 12.2. The summed E-state index contributed by atoms with van der Waals surface area (Å²) in [7, 11) is 2.65. The topological polar surface area (TPSA) is 166 Å². The van der Waals surface area contributed by atoms with E-state index in [0.29, 0.717) is 32.9 Å². The monoisotopic (exact) mass is 709 g/mol. The number of nitro benzene ring substituents is 1. The number of allylic oxidation sites excluding steroid dienone is 1. The number of ether oxygens (including phenoxy) is 4. The van der Waals surface area contributed by atoms with Crippen molar-refractivity contribution < 1.29 is 33.5 Å². The quantitative estimate of drug-likeness (QED) is 0.0872. The van der Waals surface area contributed by atoms with Crippen molar-refractivity contribution in [1.29, 1.82) is 0 Å². The highest BCUT2D eigenvalue weighted by molar-refractivity contribution is 7.07. The van der Waals surface area contributed by atoms with E-state index in [9.17, 15) is 24.5 Å². The van der Waals surface area contributed by atoms with E-state index < -0.39 is 28.5 Å². The molecule has 1 unspecified atom stereocenters. The molecular weight excluding hydrogens is 678 g/mol. The maximum atomic E-state index is 14.4. The van der Waals surface area contributed by atoms with Crippen molar-refractivity contribution in [2.75, 3.05) is 20.8 Å². The third kappa shape index (κ3) is 6.66. The highest BCUT2D eigenvalue weighted by Crippen LogP contribution is 2.37. The summed E-state index contributed by atoms with van der Waals surface area (Å²) in [5.74, 6) is -0.722. The van der Waals surface area contributed by atoms with Crippen LogP contribution in [0.3, 0.4) is 0 Å². The Labute approximate surface area is 294 Å². The van der Waals surface area contributed by atoms with E-state index in [4.69, 9.17) is 24.0 Å². The van der Waals surface area contributed by atoms with E-state index in [0.717, 1.165) is 17.0 Å². The van der Waals surface area contributed by atoms with E-state index in [1.54, 1.807) is 49.0 Å². The van der Waals surface area contributed by atoms with Gasteiger partial charge in [0.15, 0.2) is 22.0 Å². The van der Waals surface area contributed by atoms with Crippen LogP contribution in [0.25, 0.3) is 23.0 Å². The van der Waals surface area contributed by atoms with Gasteiger partial charge < -0.3 is 18.9 Å². The summed E-state index contributed by atoms with van der Waals surface area (Å²) in [6.07, 6.45) is 3.37. The molecule has 0 bridgehead atoms. The number of fused-ring (bicyclic) bond motifs is 1. The Morgan fingerprint density at radius 3 is 2.45 bits per heavy atom. The van der Waals surface area contributed by atoms with Crippen LogP contribution in [0.15, 0.2) is 94.0 Å². The molecule has 0 radical (unpaired) electrons. The lowest BCUT2D eigenvalue weighted by Crippen LogP contribution is -2.39. The minimum Gasteiger partial charge on any atom is -0.493 e. The number of hydrogen-bond donors (Lipinski definition) is 0. The minimum absolute atomic E-state index is 0.123. The van der Waals surface area contributed by atoms with Gasteiger partial charge in [0.1, 0.15) is 5.69 Å². The molecule has 15 heteroatoms. The van der Waals surface area contributed by atoms with E-state index >= 15 is 0 Å². The highest BCUT2D eigenvalue weighted by atomic mass is 32.1. The molecule has 0 saturated carbocycles. The molecule has 0 amide bonds. The molecule has 1 aliphatic rings. The Bertz CT molecular complexity index is 2410. The van der Waals surface area contributed by atoms with Crippen LogP contribution >= 0.6 is 11.3 Å². The number of thiazole rings is 1. The van der Waals surface area contributed by atoms with Crippen molar-refractivity contribution in [2.24, 2.45) is 4.99 Å². The smallest absolute Gasteiger partial charge is 0.338 e. The van der Waals surface area contributed by atoms with Crippen LogP contribution < -0.4 is 29.1 Å². The third-order valence-corrected chi connectivity index (χ3v) is 8.95. The molecule has 260 valence electrons. The first-order valence-corrected chi connectivity index (χ1v) is 16.4. The highest BCUT2D eigenvalue weighted by Gasteiger charge is 2.34. The SMILES string of the molecule is CCOc1ccc(-c2nn(-c3ccccc3)cc2/C=c2/sc3n(c2=O)C(c2ccc(OC(C)=O)c(OC)c2)C(C(=O)OC)=C(C)N=3)cc1[N+](=O)[O-]. The molecular formula is C36H31N5O9S. The Morgan fingerprint density at radius 2 is 1.78 bits per heavy atom. The summed E-state index contributed by atoms with van der Waals surface area (Å²) in [5, 5.41) is 16.8. The number of para-hydroxylation sites is 1. The lowest BCUT2D eigenvalue weighted by molar-refractivity contribution is -0.385. The van der Waals surface area contributed by atoms with Crippen LogP contribution in [0, 0.1) is 10.1 Å². The van der Waals surface area contributed by atoms with Gasteiger partial charge in [0.2, 0.25) is 0 Å². The minimum atomic E-state index is -0.976. The van der Waals surface area contributed by atoms with Crippen molar-refractivity contribution in [2.45, 2.75) is 26.8 Å². The lowest BCUT2D eigenvalue weighted by atomic mass is 9.95. The van der Waals surface area contributed by atoms with Gasteiger partial charge in [-0.05, 0) is 61.9 Å². The Hall–Kier alpha value is -6.35. The maximum absolute atomic E-state index is 14.4. The molecule has 51 heavy (non-hydrogen) atoms. The second-order valence-electron chi connectivity index (χ2n) is 11.2. The zero-order valence-corrected chi connectivity index (χ0v) is 28.9. The van der Waals surface area contributed by atoms with Gasteiger partial charge >= 0.3 is 17.6 Å². The standard InChI is InChI=1S/C36H31N5O9S/c1-6-49-27-14-12-22(16-26(27)41(45)46)32-24(19-39(38-32)25-10-8-7-9-11-25)18-30-34(43)40-33(31(35(44)48-5)20(2)37-36(40)51-30)23-13-15-28(50-21(3)42)29(17-23)47-4/h7-19,33H,6H2,1-5H3/b30-18+. The predicted octanol–water partition coefficient (Wildman–Crippen LogP) is 4.50. The van der Waals surface area contributed by atoms with E-state index in [1.165, 1.54) is 43.9 Å².